The monoisotopic (exact) mass is 235 g/mol. The van der Waals surface area contributed by atoms with Gasteiger partial charge in [-0.15, -0.1) is 0 Å². The van der Waals surface area contributed by atoms with E-state index in [1.807, 2.05) is 12.1 Å². The van der Waals surface area contributed by atoms with Crippen LogP contribution in [-0.4, -0.2) is 40.2 Å². The second-order valence-electron chi connectivity index (χ2n) is 4.41. The van der Waals surface area contributed by atoms with Crippen molar-refractivity contribution >= 4 is 5.91 Å². The summed E-state index contributed by atoms with van der Waals surface area (Å²) in [6.07, 6.45) is 1.22. The normalized spacial score (nSPS) is 19.6. The van der Waals surface area contributed by atoms with Gasteiger partial charge in [-0.25, -0.2) is 0 Å². The van der Waals surface area contributed by atoms with Crippen molar-refractivity contribution in [2.24, 2.45) is 0 Å². The molecule has 1 saturated heterocycles. The number of likely N-dealkylation sites (tertiary alicyclic amines) is 1. The minimum atomic E-state index is -0.371. The number of hydrogen-bond donors (Lipinski definition) is 2. The molecule has 92 valence electrons. The maximum Gasteiger partial charge on any atom is 0.222 e. The summed E-state index contributed by atoms with van der Waals surface area (Å²) in [5.74, 6) is 0.284. The summed E-state index contributed by atoms with van der Waals surface area (Å²) in [5.41, 5.74) is 0.792. The highest BCUT2D eigenvalue weighted by Crippen LogP contribution is 2.18. The number of para-hydroxylation sites is 1. The van der Waals surface area contributed by atoms with Crippen LogP contribution in [0.3, 0.4) is 0 Å². The van der Waals surface area contributed by atoms with E-state index in [2.05, 4.69) is 0 Å². The molecule has 0 unspecified atom stereocenters. The van der Waals surface area contributed by atoms with Crippen LogP contribution >= 0.6 is 0 Å². The molecule has 17 heavy (non-hydrogen) atoms. The number of β-amino-alcohol motifs (C(OH)–C–C–N with tert-alkyl or cyclic N) is 1. The van der Waals surface area contributed by atoms with Crippen molar-refractivity contribution in [3.63, 3.8) is 0 Å². The number of amides is 1. The van der Waals surface area contributed by atoms with Crippen LogP contribution < -0.4 is 0 Å². The first kappa shape index (κ1) is 11.9. The molecule has 0 radical (unpaired) electrons. The summed E-state index contributed by atoms with van der Waals surface area (Å²) < 4.78 is 0. The van der Waals surface area contributed by atoms with Crippen LogP contribution in [0.2, 0.25) is 0 Å². The molecule has 2 N–H and O–H groups in total. The number of hydrogen-bond acceptors (Lipinski definition) is 3. The van der Waals surface area contributed by atoms with Gasteiger partial charge in [-0.05, 0) is 24.5 Å². The second kappa shape index (κ2) is 5.19. The second-order valence-corrected chi connectivity index (χ2v) is 4.41. The van der Waals surface area contributed by atoms with Gasteiger partial charge in [0.05, 0.1) is 6.10 Å². The van der Waals surface area contributed by atoms with E-state index >= 15 is 0 Å². The van der Waals surface area contributed by atoms with Gasteiger partial charge in [0, 0.05) is 19.5 Å². The average molecular weight is 235 g/mol. The minimum absolute atomic E-state index is 0.0461. The molecular formula is C13H17NO3. The highest BCUT2D eigenvalue weighted by molar-refractivity contribution is 5.76. The standard InChI is InChI=1S/C13H17NO3/c15-11-7-8-14(9-11)13(17)6-5-10-3-1-2-4-12(10)16/h1-4,11,15-16H,5-9H2/t11-/m0/s1. The number of phenolic OH excluding ortho intramolecular Hbond substituents is 1. The molecular weight excluding hydrogens is 218 g/mol. The third-order valence-electron chi connectivity index (χ3n) is 3.12. The average Bonchev–Trinajstić information content (AvgIpc) is 2.74. The number of aryl methyl sites for hydroxylation is 1. The van der Waals surface area contributed by atoms with Crippen molar-refractivity contribution in [3.8, 4) is 5.75 Å². The van der Waals surface area contributed by atoms with Crippen LogP contribution in [0, 0.1) is 0 Å². The lowest BCUT2D eigenvalue weighted by Gasteiger charge is -2.15. The Labute approximate surface area is 100 Å². The van der Waals surface area contributed by atoms with Gasteiger partial charge in [-0.3, -0.25) is 4.79 Å². The predicted octanol–water partition coefficient (Wildman–Crippen LogP) is 0.918. The molecule has 1 aliphatic heterocycles. The number of nitrogens with zero attached hydrogens (tertiary/aromatic N) is 1. The van der Waals surface area contributed by atoms with Gasteiger partial charge in [0.1, 0.15) is 5.75 Å². The predicted molar refractivity (Wildman–Crippen MR) is 63.6 cm³/mol. The van der Waals surface area contributed by atoms with Crippen molar-refractivity contribution in [3.05, 3.63) is 29.8 Å². The molecule has 2 rings (SSSR count). The van der Waals surface area contributed by atoms with E-state index in [4.69, 9.17) is 0 Å². The molecule has 1 aromatic rings. The Hall–Kier alpha value is -1.55. The Bertz CT molecular complexity index is 405. The van der Waals surface area contributed by atoms with Gasteiger partial charge in [0.15, 0.2) is 0 Å². The Morgan fingerprint density at radius 2 is 2.18 bits per heavy atom. The molecule has 1 heterocycles. The minimum Gasteiger partial charge on any atom is -0.508 e. The number of phenols is 1. The first-order chi connectivity index (χ1) is 8.16. The third kappa shape index (κ3) is 2.97. The highest BCUT2D eigenvalue weighted by Gasteiger charge is 2.24. The number of aliphatic hydroxyl groups excluding tert-OH is 1. The van der Waals surface area contributed by atoms with Crippen LogP contribution in [-0.2, 0) is 11.2 Å². The molecule has 1 aliphatic rings. The summed E-state index contributed by atoms with van der Waals surface area (Å²) in [5, 5.41) is 18.9. The van der Waals surface area contributed by atoms with Gasteiger partial charge in [0.2, 0.25) is 5.91 Å². The fraction of sp³-hybridized carbons (Fsp3) is 0.462. The Morgan fingerprint density at radius 1 is 1.41 bits per heavy atom. The molecule has 0 spiro atoms. The Morgan fingerprint density at radius 3 is 2.82 bits per heavy atom. The number of aromatic hydroxyl groups is 1. The molecule has 0 aliphatic carbocycles. The molecule has 0 aromatic heterocycles. The lowest BCUT2D eigenvalue weighted by Crippen LogP contribution is -2.29. The van der Waals surface area contributed by atoms with Crippen LogP contribution in [0.5, 0.6) is 5.75 Å². The van der Waals surface area contributed by atoms with Crippen molar-refractivity contribution < 1.29 is 15.0 Å². The maximum atomic E-state index is 11.8. The van der Waals surface area contributed by atoms with E-state index in [9.17, 15) is 15.0 Å². The van der Waals surface area contributed by atoms with Crippen LogP contribution in [0.1, 0.15) is 18.4 Å². The number of rotatable bonds is 3. The van der Waals surface area contributed by atoms with Gasteiger partial charge in [0.25, 0.3) is 0 Å². The molecule has 1 amide bonds. The van der Waals surface area contributed by atoms with Gasteiger partial charge < -0.3 is 15.1 Å². The fourth-order valence-corrected chi connectivity index (χ4v) is 2.09. The zero-order valence-electron chi connectivity index (χ0n) is 9.67. The van der Waals surface area contributed by atoms with E-state index in [-0.39, 0.29) is 17.8 Å². The molecule has 0 saturated carbocycles. The summed E-state index contributed by atoms with van der Waals surface area (Å²) in [6.45, 7) is 1.08. The lowest BCUT2D eigenvalue weighted by atomic mass is 10.1. The third-order valence-corrected chi connectivity index (χ3v) is 3.12. The summed E-state index contributed by atoms with van der Waals surface area (Å²) in [7, 11) is 0. The largest absolute Gasteiger partial charge is 0.508 e. The Kier molecular flexibility index (Phi) is 3.64. The van der Waals surface area contributed by atoms with E-state index < -0.39 is 0 Å². The zero-order chi connectivity index (χ0) is 12.3. The SMILES string of the molecule is O=C(CCc1ccccc1O)N1CC[C@H](O)C1. The van der Waals surface area contributed by atoms with E-state index in [0.717, 1.165) is 5.56 Å². The number of benzene rings is 1. The molecule has 4 nitrogen and oxygen atoms in total. The lowest BCUT2D eigenvalue weighted by molar-refractivity contribution is -0.130. The van der Waals surface area contributed by atoms with Gasteiger partial charge in [-0.2, -0.15) is 0 Å². The van der Waals surface area contributed by atoms with E-state index in [1.54, 1.807) is 17.0 Å². The fourth-order valence-electron chi connectivity index (χ4n) is 2.09. The van der Waals surface area contributed by atoms with Crippen molar-refractivity contribution in [2.45, 2.75) is 25.4 Å². The number of aliphatic hydroxyl groups is 1. The van der Waals surface area contributed by atoms with E-state index in [0.29, 0.717) is 32.4 Å². The summed E-state index contributed by atoms with van der Waals surface area (Å²) in [6, 6.07) is 7.05. The molecule has 1 fully saturated rings. The zero-order valence-corrected chi connectivity index (χ0v) is 9.67. The van der Waals surface area contributed by atoms with E-state index in [1.165, 1.54) is 0 Å². The molecule has 4 heteroatoms. The molecule has 1 atom stereocenters. The van der Waals surface area contributed by atoms with Crippen molar-refractivity contribution in [1.29, 1.82) is 0 Å². The van der Waals surface area contributed by atoms with Gasteiger partial charge in [-0.1, -0.05) is 18.2 Å². The smallest absolute Gasteiger partial charge is 0.222 e. The number of carbonyl (C=O) groups excluding carboxylic acids is 1. The quantitative estimate of drug-likeness (QED) is 0.819. The van der Waals surface area contributed by atoms with Crippen LogP contribution in [0.25, 0.3) is 0 Å². The van der Waals surface area contributed by atoms with Crippen LogP contribution in [0.4, 0.5) is 0 Å². The van der Waals surface area contributed by atoms with Crippen molar-refractivity contribution in [2.75, 3.05) is 13.1 Å². The summed E-state index contributed by atoms with van der Waals surface area (Å²) in [4.78, 5) is 13.5. The first-order valence-corrected chi connectivity index (χ1v) is 5.89. The number of carbonyl (C=O) groups is 1. The topological polar surface area (TPSA) is 60.8 Å². The molecule has 1 aromatic carbocycles. The first-order valence-electron chi connectivity index (χ1n) is 5.89. The highest BCUT2D eigenvalue weighted by atomic mass is 16.3. The van der Waals surface area contributed by atoms with Crippen molar-refractivity contribution in [1.82, 2.24) is 4.90 Å². The van der Waals surface area contributed by atoms with Crippen LogP contribution in [0.15, 0.2) is 24.3 Å². The maximum absolute atomic E-state index is 11.8. The Balaban J connectivity index is 1.86. The molecule has 0 bridgehead atoms. The van der Waals surface area contributed by atoms with Gasteiger partial charge >= 0.3 is 0 Å². The summed E-state index contributed by atoms with van der Waals surface area (Å²) >= 11 is 0.